The largest absolute Gasteiger partial charge is 0.493 e. The number of nitrogens with zero attached hydrogens (tertiary/aromatic N) is 1. The standard InChI is InChI=1S/C28H36N4O6/c1-7-37-23-10-18-13-32(26(29)19(18)11-20(23)27(36)31-6)14-22(33)16-8-17(12-30-5)25(38-15-24(34)35)21(9-16)28(2,3)4/h8-11,29-30H,7,12-15H2,1-6H3,(H,31,36)(H,34,35). The fraction of sp³-hybridized carbons (Fsp3) is 0.429. The number of amidine groups is 1. The van der Waals surface area contributed by atoms with Crippen LogP contribution in [0.5, 0.6) is 11.5 Å². The van der Waals surface area contributed by atoms with Gasteiger partial charge in [0.1, 0.15) is 17.3 Å². The van der Waals surface area contributed by atoms with Gasteiger partial charge in [0, 0.05) is 42.4 Å². The van der Waals surface area contributed by atoms with Crippen LogP contribution < -0.4 is 20.1 Å². The molecule has 38 heavy (non-hydrogen) atoms. The van der Waals surface area contributed by atoms with E-state index in [1.165, 1.54) is 7.05 Å². The summed E-state index contributed by atoms with van der Waals surface area (Å²) in [6, 6.07) is 6.88. The van der Waals surface area contributed by atoms with Gasteiger partial charge in [-0.25, -0.2) is 4.79 Å². The summed E-state index contributed by atoms with van der Waals surface area (Å²) < 4.78 is 11.3. The molecule has 2 aromatic carbocycles. The second kappa shape index (κ2) is 11.6. The minimum atomic E-state index is -1.08. The highest BCUT2D eigenvalue weighted by Gasteiger charge is 2.30. The number of ketones is 1. The number of carbonyl (C=O) groups is 3. The molecule has 1 heterocycles. The summed E-state index contributed by atoms with van der Waals surface area (Å²) in [6.45, 7) is 8.33. The van der Waals surface area contributed by atoms with E-state index in [4.69, 9.17) is 20.0 Å². The summed E-state index contributed by atoms with van der Waals surface area (Å²) in [5, 5.41) is 23.5. The summed E-state index contributed by atoms with van der Waals surface area (Å²) in [6.07, 6.45) is 0. The van der Waals surface area contributed by atoms with Crippen LogP contribution in [-0.2, 0) is 23.3 Å². The fourth-order valence-electron chi connectivity index (χ4n) is 4.45. The van der Waals surface area contributed by atoms with Crippen LogP contribution in [0.2, 0.25) is 0 Å². The predicted molar refractivity (Wildman–Crippen MR) is 144 cm³/mol. The molecule has 0 radical (unpaired) electrons. The molecule has 1 amide bonds. The highest BCUT2D eigenvalue weighted by atomic mass is 16.5. The molecule has 0 saturated carbocycles. The normalized spacial score (nSPS) is 12.8. The molecule has 1 aliphatic heterocycles. The number of carboxylic acid groups (broad SMARTS) is 1. The average molecular weight is 525 g/mol. The molecule has 0 atom stereocenters. The molecule has 0 saturated heterocycles. The Balaban J connectivity index is 1.94. The zero-order chi connectivity index (χ0) is 28.2. The third-order valence-electron chi connectivity index (χ3n) is 6.25. The second-order valence-corrected chi connectivity index (χ2v) is 10.1. The van der Waals surface area contributed by atoms with Gasteiger partial charge in [-0.1, -0.05) is 20.8 Å². The van der Waals surface area contributed by atoms with Crippen LogP contribution in [0.4, 0.5) is 0 Å². The number of ether oxygens (including phenoxy) is 2. The molecule has 0 aliphatic carbocycles. The van der Waals surface area contributed by atoms with Gasteiger partial charge in [-0.2, -0.15) is 0 Å². The van der Waals surface area contributed by atoms with Crippen molar-refractivity contribution >= 4 is 23.5 Å². The van der Waals surface area contributed by atoms with Gasteiger partial charge in [0.15, 0.2) is 12.4 Å². The van der Waals surface area contributed by atoms with Gasteiger partial charge in [-0.3, -0.25) is 15.0 Å². The number of Topliss-reactive ketones (excluding diaryl/α,β-unsaturated/α-hetero) is 1. The van der Waals surface area contributed by atoms with Crippen LogP contribution in [0.3, 0.4) is 0 Å². The van der Waals surface area contributed by atoms with E-state index >= 15 is 0 Å². The number of carboxylic acids is 1. The smallest absolute Gasteiger partial charge is 0.341 e. The van der Waals surface area contributed by atoms with Crippen molar-refractivity contribution in [3.05, 3.63) is 57.6 Å². The monoisotopic (exact) mass is 524 g/mol. The van der Waals surface area contributed by atoms with E-state index in [-0.39, 0.29) is 24.1 Å². The molecule has 3 rings (SSSR count). The molecule has 10 nitrogen and oxygen atoms in total. The van der Waals surface area contributed by atoms with Crippen LogP contribution in [-0.4, -0.2) is 67.4 Å². The third-order valence-corrected chi connectivity index (χ3v) is 6.25. The van der Waals surface area contributed by atoms with Gasteiger partial charge in [0.05, 0.1) is 18.7 Å². The minimum Gasteiger partial charge on any atom is -0.493 e. The molecular formula is C28H36N4O6. The maximum Gasteiger partial charge on any atom is 0.341 e. The molecule has 0 bridgehead atoms. The minimum absolute atomic E-state index is 0.0370. The first-order valence-electron chi connectivity index (χ1n) is 12.5. The van der Waals surface area contributed by atoms with Crippen LogP contribution in [0.15, 0.2) is 24.3 Å². The first kappa shape index (κ1) is 28.6. The molecular weight excluding hydrogens is 488 g/mol. The van der Waals surface area contributed by atoms with Crippen LogP contribution in [0.25, 0.3) is 0 Å². The van der Waals surface area contributed by atoms with E-state index in [9.17, 15) is 14.4 Å². The third kappa shape index (κ3) is 6.13. The Morgan fingerprint density at radius 1 is 1.11 bits per heavy atom. The summed E-state index contributed by atoms with van der Waals surface area (Å²) >= 11 is 0. The highest BCUT2D eigenvalue weighted by molar-refractivity contribution is 6.07. The quantitative estimate of drug-likeness (QED) is 0.329. The molecule has 0 fully saturated rings. The van der Waals surface area contributed by atoms with Gasteiger partial charge in [-0.15, -0.1) is 0 Å². The van der Waals surface area contributed by atoms with Crippen LogP contribution >= 0.6 is 0 Å². The van der Waals surface area contributed by atoms with Gasteiger partial charge < -0.3 is 30.1 Å². The predicted octanol–water partition coefficient (Wildman–Crippen LogP) is 2.95. The number of hydrogen-bond donors (Lipinski definition) is 4. The van der Waals surface area contributed by atoms with Crippen molar-refractivity contribution in [2.75, 3.05) is 33.9 Å². The molecule has 1 aliphatic rings. The van der Waals surface area contributed by atoms with Crippen molar-refractivity contribution in [2.24, 2.45) is 0 Å². The number of fused-ring (bicyclic) bond motifs is 1. The number of hydrogen-bond acceptors (Lipinski definition) is 7. The Kier molecular flexibility index (Phi) is 8.78. The maximum atomic E-state index is 13.5. The Morgan fingerprint density at radius 2 is 1.82 bits per heavy atom. The summed E-state index contributed by atoms with van der Waals surface area (Å²) in [7, 11) is 3.30. The van der Waals surface area contributed by atoms with Crippen molar-refractivity contribution in [3.63, 3.8) is 0 Å². The van der Waals surface area contributed by atoms with Gasteiger partial charge in [-0.05, 0) is 49.2 Å². The number of aliphatic carboxylic acids is 1. The number of amides is 1. The second-order valence-electron chi connectivity index (χ2n) is 10.1. The van der Waals surface area contributed by atoms with E-state index in [1.54, 1.807) is 36.2 Å². The molecule has 0 aromatic heterocycles. The number of rotatable bonds is 11. The Morgan fingerprint density at radius 3 is 2.39 bits per heavy atom. The Bertz CT molecular complexity index is 1260. The van der Waals surface area contributed by atoms with Gasteiger partial charge in [0.2, 0.25) is 0 Å². The summed E-state index contributed by atoms with van der Waals surface area (Å²) in [5.41, 5.74) is 3.18. The molecule has 10 heteroatoms. The van der Waals surface area contributed by atoms with Crippen molar-refractivity contribution in [3.8, 4) is 11.5 Å². The van der Waals surface area contributed by atoms with Gasteiger partial charge >= 0.3 is 5.97 Å². The van der Waals surface area contributed by atoms with E-state index < -0.39 is 18.0 Å². The lowest BCUT2D eigenvalue weighted by Gasteiger charge is -2.26. The molecule has 0 unspecified atom stereocenters. The van der Waals surface area contributed by atoms with E-state index in [1.807, 2.05) is 27.7 Å². The molecule has 4 N–H and O–H groups in total. The fourth-order valence-corrected chi connectivity index (χ4v) is 4.45. The Hall–Kier alpha value is -3.92. The van der Waals surface area contributed by atoms with Crippen LogP contribution in [0.1, 0.15) is 70.7 Å². The highest BCUT2D eigenvalue weighted by Crippen LogP contribution is 2.36. The number of nitrogens with one attached hydrogen (secondary N) is 3. The van der Waals surface area contributed by atoms with Crippen LogP contribution in [0, 0.1) is 5.41 Å². The lowest BCUT2D eigenvalue weighted by molar-refractivity contribution is -0.139. The van der Waals surface area contributed by atoms with Crippen molar-refractivity contribution in [1.29, 1.82) is 5.41 Å². The lowest BCUT2D eigenvalue weighted by Crippen LogP contribution is -2.30. The average Bonchev–Trinajstić information content (AvgIpc) is 3.15. The summed E-state index contributed by atoms with van der Waals surface area (Å²) in [5.74, 6) is -0.524. The van der Waals surface area contributed by atoms with E-state index in [0.29, 0.717) is 53.4 Å². The zero-order valence-electron chi connectivity index (χ0n) is 22.8. The lowest BCUT2D eigenvalue weighted by atomic mass is 9.83. The van der Waals surface area contributed by atoms with E-state index in [0.717, 1.165) is 11.1 Å². The number of benzene rings is 2. The maximum absolute atomic E-state index is 13.5. The summed E-state index contributed by atoms with van der Waals surface area (Å²) in [4.78, 5) is 38.8. The molecule has 204 valence electrons. The first-order valence-corrected chi connectivity index (χ1v) is 12.5. The van der Waals surface area contributed by atoms with Gasteiger partial charge in [0.25, 0.3) is 5.91 Å². The van der Waals surface area contributed by atoms with E-state index in [2.05, 4.69) is 10.6 Å². The molecule has 0 spiro atoms. The molecule has 2 aromatic rings. The van der Waals surface area contributed by atoms with Crippen molar-refractivity contribution in [1.82, 2.24) is 15.5 Å². The zero-order valence-corrected chi connectivity index (χ0v) is 22.8. The number of carbonyl (C=O) groups excluding carboxylic acids is 2. The van der Waals surface area contributed by atoms with Crippen molar-refractivity contribution < 1.29 is 29.0 Å². The van der Waals surface area contributed by atoms with Crippen molar-refractivity contribution in [2.45, 2.75) is 46.2 Å². The SMILES string of the molecule is CCOc1cc2c(cc1C(=O)NC)C(=N)N(CC(=O)c1cc(CNC)c(OCC(=O)O)c(C(C)(C)C)c1)C2. The topological polar surface area (TPSA) is 141 Å². The Labute approximate surface area is 222 Å². The first-order chi connectivity index (χ1) is 17.9.